The van der Waals surface area contributed by atoms with Gasteiger partial charge in [-0.3, -0.25) is 11.3 Å². The van der Waals surface area contributed by atoms with Crippen molar-refractivity contribution >= 4 is 0 Å². The molecule has 1 aliphatic rings. The highest BCUT2D eigenvalue weighted by molar-refractivity contribution is 4.89. The van der Waals surface area contributed by atoms with Crippen molar-refractivity contribution in [3.05, 3.63) is 12.2 Å². The van der Waals surface area contributed by atoms with Gasteiger partial charge in [0, 0.05) is 6.04 Å². The zero-order valence-corrected chi connectivity index (χ0v) is 8.68. The minimum atomic E-state index is 0.502. The van der Waals surface area contributed by atoms with Crippen LogP contribution in [0.2, 0.25) is 0 Å². The summed E-state index contributed by atoms with van der Waals surface area (Å²) < 4.78 is 0. The zero-order chi connectivity index (χ0) is 9.68. The van der Waals surface area contributed by atoms with Crippen LogP contribution >= 0.6 is 0 Å². The fourth-order valence-electron chi connectivity index (χ4n) is 1.82. The highest BCUT2D eigenvalue weighted by Crippen LogP contribution is 2.31. The first kappa shape index (κ1) is 10.7. The predicted octanol–water partition coefficient (Wildman–Crippen LogP) is 2.36. The molecule has 0 radical (unpaired) electrons. The van der Waals surface area contributed by atoms with Gasteiger partial charge in [0.05, 0.1) is 0 Å². The third kappa shape index (κ3) is 3.92. The standard InChI is InChI=1S/C11H22N2/c1-9(2)6-7-11(13-12)8-10-4-3-5-10/h10-11,13H,1,3-8,12H2,2H3. The molecule has 0 bridgehead atoms. The second kappa shape index (κ2) is 5.40. The summed E-state index contributed by atoms with van der Waals surface area (Å²) in [4.78, 5) is 0. The van der Waals surface area contributed by atoms with Gasteiger partial charge in [-0.1, -0.05) is 24.8 Å². The monoisotopic (exact) mass is 182 g/mol. The summed E-state index contributed by atoms with van der Waals surface area (Å²) in [5.41, 5.74) is 4.17. The van der Waals surface area contributed by atoms with E-state index >= 15 is 0 Å². The maximum atomic E-state index is 5.51. The van der Waals surface area contributed by atoms with E-state index in [1.807, 2.05) is 0 Å². The molecule has 1 fully saturated rings. The molecule has 0 spiro atoms. The van der Waals surface area contributed by atoms with Gasteiger partial charge in [-0.25, -0.2) is 0 Å². The van der Waals surface area contributed by atoms with Crippen LogP contribution in [0, 0.1) is 5.92 Å². The third-order valence-corrected chi connectivity index (χ3v) is 3.00. The molecular weight excluding hydrogens is 160 g/mol. The molecule has 0 heterocycles. The van der Waals surface area contributed by atoms with E-state index in [0.29, 0.717) is 6.04 Å². The largest absolute Gasteiger partial charge is 0.271 e. The molecule has 1 saturated carbocycles. The topological polar surface area (TPSA) is 38.0 Å². The molecule has 13 heavy (non-hydrogen) atoms. The number of nitrogens with two attached hydrogens (primary N) is 1. The molecule has 0 aliphatic heterocycles. The molecule has 1 unspecified atom stereocenters. The van der Waals surface area contributed by atoms with Crippen LogP contribution in [-0.4, -0.2) is 6.04 Å². The second-order valence-corrected chi connectivity index (χ2v) is 4.39. The van der Waals surface area contributed by atoms with Gasteiger partial charge in [0.15, 0.2) is 0 Å². The molecule has 1 rings (SSSR count). The molecule has 0 aromatic carbocycles. The quantitative estimate of drug-likeness (QED) is 0.376. The van der Waals surface area contributed by atoms with Gasteiger partial charge in [0.1, 0.15) is 0 Å². The van der Waals surface area contributed by atoms with E-state index in [4.69, 9.17) is 5.84 Å². The fourth-order valence-corrected chi connectivity index (χ4v) is 1.82. The lowest BCUT2D eigenvalue weighted by molar-refractivity contribution is 0.255. The highest BCUT2D eigenvalue weighted by Gasteiger charge is 2.21. The van der Waals surface area contributed by atoms with Crippen LogP contribution in [-0.2, 0) is 0 Å². The van der Waals surface area contributed by atoms with E-state index in [-0.39, 0.29) is 0 Å². The molecule has 0 aromatic rings. The predicted molar refractivity (Wildman–Crippen MR) is 57.1 cm³/mol. The van der Waals surface area contributed by atoms with E-state index in [0.717, 1.165) is 18.8 Å². The van der Waals surface area contributed by atoms with Gasteiger partial charge in [-0.2, -0.15) is 0 Å². The average Bonchev–Trinajstić information content (AvgIpc) is 2.01. The zero-order valence-electron chi connectivity index (χ0n) is 8.68. The molecule has 3 N–H and O–H groups in total. The Morgan fingerprint density at radius 3 is 2.69 bits per heavy atom. The second-order valence-electron chi connectivity index (χ2n) is 4.39. The first-order valence-electron chi connectivity index (χ1n) is 5.33. The minimum Gasteiger partial charge on any atom is -0.271 e. The summed E-state index contributed by atoms with van der Waals surface area (Å²) in [6.45, 7) is 5.99. The first-order valence-corrected chi connectivity index (χ1v) is 5.33. The Hall–Kier alpha value is -0.340. The lowest BCUT2D eigenvalue weighted by atomic mass is 9.80. The average molecular weight is 182 g/mol. The van der Waals surface area contributed by atoms with E-state index in [1.54, 1.807) is 0 Å². The SMILES string of the molecule is C=C(C)CCC(CC1CCC1)NN. The van der Waals surface area contributed by atoms with Crippen molar-refractivity contribution < 1.29 is 0 Å². The van der Waals surface area contributed by atoms with E-state index in [9.17, 15) is 0 Å². The van der Waals surface area contributed by atoms with Crippen LogP contribution in [0.5, 0.6) is 0 Å². The maximum absolute atomic E-state index is 5.51. The highest BCUT2D eigenvalue weighted by atomic mass is 15.2. The van der Waals surface area contributed by atoms with Crippen molar-refractivity contribution in [3.8, 4) is 0 Å². The molecule has 2 nitrogen and oxygen atoms in total. The van der Waals surface area contributed by atoms with Crippen LogP contribution in [0.15, 0.2) is 12.2 Å². The molecular formula is C11H22N2. The number of allylic oxidation sites excluding steroid dienone is 1. The fraction of sp³-hybridized carbons (Fsp3) is 0.818. The molecule has 76 valence electrons. The molecule has 0 amide bonds. The van der Waals surface area contributed by atoms with Crippen LogP contribution in [0.4, 0.5) is 0 Å². The number of nitrogens with one attached hydrogen (secondary N) is 1. The summed E-state index contributed by atoms with van der Waals surface area (Å²) in [7, 11) is 0. The summed E-state index contributed by atoms with van der Waals surface area (Å²) in [5.74, 6) is 6.44. The van der Waals surface area contributed by atoms with E-state index in [1.165, 1.54) is 31.3 Å². The van der Waals surface area contributed by atoms with Gasteiger partial charge in [-0.15, -0.1) is 6.58 Å². The van der Waals surface area contributed by atoms with Crippen LogP contribution < -0.4 is 11.3 Å². The number of hydrogen-bond donors (Lipinski definition) is 2. The number of hydrazine groups is 1. The van der Waals surface area contributed by atoms with Gasteiger partial charge in [0.2, 0.25) is 0 Å². The van der Waals surface area contributed by atoms with Crippen molar-refractivity contribution in [2.24, 2.45) is 11.8 Å². The Morgan fingerprint density at radius 1 is 1.62 bits per heavy atom. The van der Waals surface area contributed by atoms with Crippen molar-refractivity contribution in [1.29, 1.82) is 0 Å². The normalized spacial score (nSPS) is 19.5. The lowest BCUT2D eigenvalue weighted by Crippen LogP contribution is -2.37. The van der Waals surface area contributed by atoms with Crippen LogP contribution in [0.3, 0.4) is 0 Å². The third-order valence-electron chi connectivity index (χ3n) is 3.00. The van der Waals surface area contributed by atoms with Gasteiger partial charge in [0.25, 0.3) is 0 Å². The maximum Gasteiger partial charge on any atom is 0.0216 e. The van der Waals surface area contributed by atoms with Crippen molar-refractivity contribution in [2.75, 3.05) is 0 Å². The van der Waals surface area contributed by atoms with Crippen molar-refractivity contribution in [2.45, 2.75) is 51.5 Å². The van der Waals surface area contributed by atoms with Crippen molar-refractivity contribution in [1.82, 2.24) is 5.43 Å². The van der Waals surface area contributed by atoms with Crippen LogP contribution in [0.1, 0.15) is 45.4 Å². The summed E-state index contributed by atoms with van der Waals surface area (Å²) in [6.07, 6.45) is 7.73. The molecule has 1 aliphatic carbocycles. The van der Waals surface area contributed by atoms with Gasteiger partial charge in [-0.05, 0) is 32.1 Å². The summed E-state index contributed by atoms with van der Waals surface area (Å²) in [5, 5.41) is 0. The Bertz CT molecular complexity index is 161. The summed E-state index contributed by atoms with van der Waals surface area (Å²) in [6, 6.07) is 0.502. The number of hydrogen-bond acceptors (Lipinski definition) is 2. The molecule has 1 atom stereocenters. The van der Waals surface area contributed by atoms with Gasteiger partial charge < -0.3 is 0 Å². The Labute approximate surface area is 81.6 Å². The first-order chi connectivity index (χ1) is 6.22. The Kier molecular flexibility index (Phi) is 4.46. The molecule has 0 aromatic heterocycles. The number of rotatable bonds is 6. The molecule has 0 saturated heterocycles. The minimum absolute atomic E-state index is 0.502. The Morgan fingerprint density at radius 2 is 2.31 bits per heavy atom. The van der Waals surface area contributed by atoms with Crippen LogP contribution in [0.25, 0.3) is 0 Å². The lowest BCUT2D eigenvalue weighted by Gasteiger charge is -2.29. The Balaban J connectivity index is 2.13. The molecule has 2 heteroatoms. The van der Waals surface area contributed by atoms with Gasteiger partial charge >= 0.3 is 0 Å². The van der Waals surface area contributed by atoms with E-state index < -0.39 is 0 Å². The van der Waals surface area contributed by atoms with E-state index in [2.05, 4.69) is 18.9 Å². The smallest absolute Gasteiger partial charge is 0.0216 e. The summed E-state index contributed by atoms with van der Waals surface area (Å²) >= 11 is 0. The van der Waals surface area contributed by atoms with Crippen molar-refractivity contribution in [3.63, 3.8) is 0 Å².